The summed E-state index contributed by atoms with van der Waals surface area (Å²) in [5.41, 5.74) is 1.52. The van der Waals surface area contributed by atoms with Crippen LogP contribution in [0.2, 0.25) is 0 Å². The largest absolute Gasteiger partial charge is 0.373 e. The van der Waals surface area contributed by atoms with E-state index in [9.17, 15) is 9.90 Å². The number of nitriles is 1. The molecule has 14 heavy (non-hydrogen) atoms. The number of anilines is 1. The van der Waals surface area contributed by atoms with Crippen LogP contribution < -0.4 is 4.90 Å². The monoisotopic (exact) mass is 188 g/mol. The Bertz CT molecular complexity index is 422. The minimum atomic E-state index is -0.903. The van der Waals surface area contributed by atoms with Crippen LogP contribution in [0.1, 0.15) is 5.56 Å². The highest BCUT2D eigenvalue weighted by Crippen LogP contribution is 2.30. The molecule has 0 aromatic heterocycles. The molecule has 1 heterocycles. The van der Waals surface area contributed by atoms with E-state index in [0.29, 0.717) is 12.1 Å². The lowest BCUT2D eigenvalue weighted by Crippen LogP contribution is -2.36. The molecule has 1 aliphatic heterocycles. The third-order valence-corrected chi connectivity index (χ3v) is 2.27. The smallest absolute Gasteiger partial charge is 0.331 e. The van der Waals surface area contributed by atoms with Crippen LogP contribution >= 0.6 is 0 Å². The van der Waals surface area contributed by atoms with Crippen LogP contribution in [0.25, 0.3) is 0 Å². The van der Waals surface area contributed by atoms with Gasteiger partial charge in [-0.05, 0) is 11.6 Å². The average molecular weight is 188 g/mol. The van der Waals surface area contributed by atoms with Crippen LogP contribution in [0.5, 0.6) is 0 Å². The molecular formula is C10H8N2O2. The number of aliphatic hydroxyl groups excluding tert-OH is 1. The molecule has 1 aromatic carbocycles. The van der Waals surface area contributed by atoms with E-state index in [1.54, 1.807) is 12.1 Å². The third-order valence-electron chi connectivity index (χ3n) is 2.27. The Morgan fingerprint density at radius 1 is 1.57 bits per heavy atom. The van der Waals surface area contributed by atoms with Gasteiger partial charge in [0.25, 0.3) is 0 Å². The molecule has 0 saturated carbocycles. The molecule has 0 fully saturated rings. The van der Waals surface area contributed by atoms with Crippen molar-refractivity contribution in [2.24, 2.45) is 0 Å². The first kappa shape index (κ1) is 8.73. The SMILES string of the molecule is N#CC(=O)N1c2ccccc2CC1O. The lowest BCUT2D eigenvalue weighted by Gasteiger charge is -2.17. The van der Waals surface area contributed by atoms with Crippen LogP contribution in [0.15, 0.2) is 24.3 Å². The first-order valence-corrected chi connectivity index (χ1v) is 4.23. The number of amides is 1. The van der Waals surface area contributed by atoms with E-state index in [1.807, 2.05) is 12.1 Å². The number of carbonyl (C=O) groups excluding carboxylic acids is 1. The normalized spacial score (nSPS) is 18.9. The number of hydrogen-bond donors (Lipinski definition) is 1. The summed E-state index contributed by atoms with van der Waals surface area (Å²) in [6.45, 7) is 0. The zero-order valence-corrected chi connectivity index (χ0v) is 7.34. The standard InChI is InChI=1S/C10H8N2O2/c11-6-10(14)12-8-4-2-1-3-7(8)5-9(12)13/h1-4,9,13H,5H2. The van der Waals surface area contributed by atoms with E-state index in [4.69, 9.17) is 5.26 Å². The second kappa shape index (κ2) is 3.13. The summed E-state index contributed by atoms with van der Waals surface area (Å²) >= 11 is 0. The average Bonchev–Trinajstić information content (AvgIpc) is 2.53. The Morgan fingerprint density at radius 3 is 3.00 bits per heavy atom. The van der Waals surface area contributed by atoms with E-state index in [-0.39, 0.29) is 0 Å². The number of benzene rings is 1. The van der Waals surface area contributed by atoms with Crippen molar-refractivity contribution in [2.45, 2.75) is 12.6 Å². The first-order chi connectivity index (χ1) is 6.74. The van der Waals surface area contributed by atoms with Gasteiger partial charge >= 0.3 is 5.91 Å². The summed E-state index contributed by atoms with van der Waals surface area (Å²) in [7, 11) is 0. The molecule has 0 spiro atoms. The molecule has 1 amide bonds. The minimum absolute atomic E-state index is 0.392. The summed E-state index contributed by atoms with van der Waals surface area (Å²) < 4.78 is 0. The first-order valence-electron chi connectivity index (χ1n) is 4.23. The molecule has 1 atom stereocenters. The molecule has 0 aliphatic carbocycles. The molecule has 1 aliphatic rings. The number of hydrogen-bond acceptors (Lipinski definition) is 3. The van der Waals surface area contributed by atoms with Gasteiger partial charge in [0.15, 0.2) is 6.07 Å². The summed E-state index contributed by atoms with van der Waals surface area (Å²) in [6.07, 6.45) is -0.511. The van der Waals surface area contributed by atoms with Gasteiger partial charge in [-0.1, -0.05) is 18.2 Å². The van der Waals surface area contributed by atoms with E-state index in [0.717, 1.165) is 10.5 Å². The second-order valence-corrected chi connectivity index (χ2v) is 3.10. The van der Waals surface area contributed by atoms with Crippen LogP contribution in [0, 0.1) is 11.3 Å². The molecule has 2 rings (SSSR count). The molecule has 1 unspecified atom stereocenters. The Labute approximate surface area is 81.0 Å². The maximum Gasteiger partial charge on any atom is 0.331 e. The third kappa shape index (κ3) is 1.15. The predicted molar refractivity (Wildman–Crippen MR) is 49.3 cm³/mol. The van der Waals surface area contributed by atoms with Gasteiger partial charge in [-0.2, -0.15) is 5.26 Å². The van der Waals surface area contributed by atoms with Crippen molar-refractivity contribution >= 4 is 11.6 Å². The molecule has 1 N–H and O–H groups in total. The van der Waals surface area contributed by atoms with Crippen molar-refractivity contribution in [1.82, 2.24) is 0 Å². The number of nitrogens with zero attached hydrogens (tertiary/aromatic N) is 2. The van der Waals surface area contributed by atoms with Crippen LogP contribution in [0.3, 0.4) is 0 Å². The van der Waals surface area contributed by atoms with E-state index < -0.39 is 12.1 Å². The number of carbonyl (C=O) groups is 1. The molecule has 70 valence electrons. The maximum atomic E-state index is 11.2. The van der Waals surface area contributed by atoms with Crippen LogP contribution in [-0.4, -0.2) is 17.2 Å². The van der Waals surface area contributed by atoms with Gasteiger partial charge in [0, 0.05) is 6.42 Å². The predicted octanol–water partition coefficient (Wildman–Crippen LogP) is 0.418. The fraction of sp³-hybridized carbons (Fsp3) is 0.200. The fourth-order valence-corrected chi connectivity index (χ4v) is 1.67. The second-order valence-electron chi connectivity index (χ2n) is 3.10. The highest BCUT2D eigenvalue weighted by Gasteiger charge is 2.31. The highest BCUT2D eigenvalue weighted by atomic mass is 16.3. The van der Waals surface area contributed by atoms with Crippen LogP contribution in [0.4, 0.5) is 5.69 Å². The van der Waals surface area contributed by atoms with E-state index in [2.05, 4.69) is 0 Å². The molecule has 0 bridgehead atoms. The van der Waals surface area contributed by atoms with Gasteiger partial charge in [0.2, 0.25) is 0 Å². The molecule has 0 radical (unpaired) electrons. The fourth-order valence-electron chi connectivity index (χ4n) is 1.67. The summed E-state index contributed by atoms with van der Waals surface area (Å²) in [5, 5.41) is 18.1. The number of aliphatic hydroxyl groups is 1. The van der Waals surface area contributed by atoms with Gasteiger partial charge < -0.3 is 5.11 Å². The molecule has 0 saturated heterocycles. The molecule has 4 heteroatoms. The Kier molecular flexibility index (Phi) is 1.95. The number of para-hydroxylation sites is 1. The van der Waals surface area contributed by atoms with Crippen molar-refractivity contribution in [2.75, 3.05) is 4.90 Å². The van der Waals surface area contributed by atoms with Crippen molar-refractivity contribution in [1.29, 1.82) is 5.26 Å². The van der Waals surface area contributed by atoms with Crippen LogP contribution in [-0.2, 0) is 11.2 Å². The van der Waals surface area contributed by atoms with Crippen molar-refractivity contribution < 1.29 is 9.90 Å². The van der Waals surface area contributed by atoms with Crippen molar-refractivity contribution in [3.05, 3.63) is 29.8 Å². The van der Waals surface area contributed by atoms with E-state index in [1.165, 1.54) is 6.07 Å². The minimum Gasteiger partial charge on any atom is -0.373 e. The number of fused-ring (bicyclic) bond motifs is 1. The van der Waals surface area contributed by atoms with Gasteiger partial charge in [-0.3, -0.25) is 9.69 Å². The van der Waals surface area contributed by atoms with E-state index >= 15 is 0 Å². The summed E-state index contributed by atoms with van der Waals surface area (Å²) in [6, 6.07) is 8.68. The van der Waals surface area contributed by atoms with Gasteiger partial charge in [-0.15, -0.1) is 0 Å². The molecule has 1 aromatic rings. The van der Waals surface area contributed by atoms with Crippen molar-refractivity contribution in [3.8, 4) is 6.07 Å². The highest BCUT2D eigenvalue weighted by molar-refractivity contribution is 6.05. The zero-order chi connectivity index (χ0) is 10.1. The summed E-state index contributed by atoms with van der Waals surface area (Å²) in [4.78, 5) is 12.3. The Balaban J connectivity index is 2.45. The lowest BCUT2D eigenvalue weighted by atomic mass is 10.2. The van der Waals surface area contributed by atoms with Gasteiger partial charge in [-0.25, -0.2) is 0 Å². The maximum absolute atomic E-state index is 11.2. The topological polar surface area (TPSA) is 64.3 Å². The lowest BCUT2D eigenvalue weighted by molar-refractivity contribution is -0.115. The quantitative estimate of drug-likeness (QED) is 0.600. The van der Waals surface area contributed by atoms with Gasteiger partial charge in [0.05, 0.1) is 5.69 Å². The summed E-state index contributed by atoms with van der Waals surface area (Å²) in [5.74, 6) is -0.720. The number of rotatable bonds is 0. The van der Waals surface area contributed by atoms with Crippen molar-refractivity contribution in [3.63, 3.8) is 0 Å². The Hall–Kier alpha value is -1.86. The zero-order valence-electron chi connectivity index (χ0n) is 7.34. The molecular weight excluding hydrogens is 180 g/mol. The van der Waals surface area contributed by atoms with Gasteiger partial charge in [0.1, 0.15) is 6.23 Å². The molecule has 4 nitrogen and oxygen atoms in total. The Morgan fingerprint density at radius 2 is 2.29 bits per heavy atom.